The van der Waals surface area contributed by atoms with E-state index in [0.29, 0.717) is 0 Å². The van der Waals surface area contributed by atoms with Crippen molar-refractivity contribution in [1.82, 2.24) is 0 Å². The number of quaternary nitrogens is 2. The van der Waals surface area contributed by atoms with E-state index in [0.717, 1.165) is 0 Å². The van der Waals surface area contributed by atoms with Gasteiger partial charge in [-0.3, -0.25) is 0 Å². The Morgan fingerprint density at radius 1 is 0.165 bits per heavy atom. The summed E-state index contributed by atoms with van der Waals surface area (Å²) in [5, 5.41) is 0. The average molecular weight is 1330 g/mol. The van der Waals surface area contributed by atoms with Gasteiger partial charge < -0.3 is 17.2 Å². The third kappa shape index (κ3) is 62.5. The number of hydrogen-bond donors (Lipinski definition) is 0. The summed E-state index contributed by atoms with van der Waals surface area (Å²) in [5.41, 5.74) is 0. The third-order valence-corrected chi connectivity index (χ3v) is 33.3. The van der Waals surface area contributed by atoms with E-state index in [9.17, 15) is 0 Å². The van der Waals surface area contributed by atoms with E-state index in [1.807, 2.05) is 0 Å². The number of nitrogens with zero attached hydrogens (tertiary/aromatic N) is 2. The molecular weight excluding hydrogens is 1150 g/mol. The first-order valence-corrected chi connectivity index (χ1v) is 52.3. The molecular formula is C84H180N2O2Si3+2. The number of hydrogen-bond acceptors (Lipinski definition) is 2. The lowest BCUT2D eigenvalue weighted by Gasteiger charge is -2.42. The Bertz CT molecular complexity index is 1200. The lowest BCUT2D eigenvalue weighted by molar-refractivity contribution is -0.929. The second kappa shape index (κ2) is 66.4. The molecule has 0 aliphatic heterocycles. The molecule has 0 unspecified atom stereocenters. The molecule has 548 valence electrons. The second-order valence-corrected chi connectivity index (χ2v) is 45.4. The van der Waals surface area contributed by atoms with Crippen LogP contribution in [0.5, 0.6) is 0 Å². The molecule has 0 atom stereocenters. The Labute approximate surface area is 582 Å². The molecule has 0 amide bonds. The van der Waals surface area contributed by atoms with E-state index >= 15 is 0 Å². The molecule has 0 aromatic heterocycles. The largest absolute Gasteiger partial charge is 0.437 e. The van der Waals surface area contributed by atoms with Crippen LogP contribution in [0, 0.1) is 0 Å². The standard InChI is InChI=1S/C84H180N2O2Si3/c1-13-19-25-31-37-43-49-55-61-67-75-85(76-68-62-56-50-44-38-32-26-20-14-2,77-69-63-57-51-45-39-33-27-21-15-3)81-73-83-89(7,8)87-91(11,12)88-90(9,10)84-74-82-86(78-70-64-58-52-46-40-34-28-22-16-4,79-71-65-59-53-47-41-35-29-23-17-5)80-72-66-60-54-48-42-36-30-24-18-6/h13-84H2,1-12H3/q+2. The smallest absolute Gasteiger partial charge is 0.311 e. The molecule has 0 bridgehead atoms. The first-order chi connectivity index (χ1) is 44.2. The zero-order valence-electron chi connectivity index (χ0n) is 66.1. The van der Waals surface area contributed by atoms with Crippen molar-refractivity contribution >= 4 is 25.2 Å². The van der Waals surface area contributed by atoms with Gasteiger partial charge in [0, 0.05) is 0 Å². The van der Waals surface area contributed by atoms with Gasteiger partial charge in [0.15, 0.2) is 16.6 Å². The van der Waals surface area contributed by atoms with Crippen LogP contribution in [0.3, 0.4) is 0 Å². The molecule has 91 heavy (non-hydrogen) atoms. The average Bonchev–Trinajstić information content (AvgIpc) is 1.67. The maximum absolute atomic E-state index is 7.56. The van der Waals surface area contributed by atoms with Gasteiger partial charge in [-0.05, 0) is 141 Å². The van der Waals surface area contributed by atoms with Crippen molar-refractivity contribution in [1.29, 1.82) is 0 Å². The molecule has 0 aromatic carbocycles. The highest BCUT2D eigenvalue weighted by molar-refractivity contribution is 6.87. The Hall–Kier alpha value is 0.491. The molecule has 0 spiro atoms. The van der Waals surface area contributed by atoms with Crippen molar-refractivity contribution < 1.29 is 17.2 Å². The monoisotopic (exact) mass is 1330 g/mol. The van der Waals surface area contributed by atoms with Crippen LogP contribution in [-0.4, -0.2) is 86.5 Å². The van der Waals surface area contributed by atoms with E-state index in [1.54, 1.807) is 0 Å². The van der Waals surface area contributed by atoms with Crippen molar-refractivity contribution in [2.24, 2.45) is 0 Å². The summed E-state index contributed by atoms with van der Waals surface area (Å²) in [5.74, 6) is 0. The summed E-state index contributed by atoms with van der Waals surface area (Å²) in [6, 6.07) is 2.58. The predicted molar refractivity (Wildman–Crippen MR) is 424 cm³/mol. The summed E-state index contributed by atoms with van der Waals surface area (Å²) in [4.78, 5) is 0. The Balaban J connectivity index is 6.22. The minimum atomic E-state index is -2.33. The van der Waals surface area contributed by atoms with E-state index in [4.69, 9.17) is 8.23 Å². The first-order valence-electron chi connectivity index (χ1n) is 43.3. The van der Waals surface area contributed by atoms with Gasteiger partial charge in [0.1, 0.15) is 0 Å². The molecule has 0 saturated carbocycles. The maximum atomic E-state index is 7.56. The summed E-state index contributed by atoms with van der Waals surface area (Å²) in [6.45, 7) is 40.7. The van der Waals surface area contributed by atoms with Gasteiger partial charge in [0.25, 0.3) is 0 Å². The van der Waals surface area contributed by atoms with E-state index in [-0.39, 0.29) is 0 Å². The lowest BCUT2D eigenvalue weighted by Crippen LogP contribution is -2.54. The maximum Gasteiger partial charge on any atom is 0.311 e. The molecule has 0 saturated heterocycles. The van der Waals surface area contributed by atoms with Gasteiger partial charge in [0.05, 0.1) is 52.4 Å². The molecule has 0 radical (unpaired) electrons. The SMILES string of the molecule is CCCCCCCCCCCC[N+](CCCCCCCCCCCC)(CCCCCCCCCCCC)CCC[Si](C)(C)O[Si](C)(C)O[Si](C)(C)CCC[N+](CCCCCCCCCCCC)(CCCCCCCCCCCC)CCCCCCCCCCCC. The van der Waals surface area contributed by atoms with Crippen LogP contribution in [0.4, 0.5) is 0 Å². The highest BCUT2D eigenvalue weighted by Gasteiger charge is 2.40. The van der Waals surface area contributed by atoms with Crippen molar-refractivity contribution in [3.05, 3.63) is 0 Å². The Morgan fingerprint density at radius 3 is 0.429 bits per heavy atom. The Morgan fingerprint density at radius 2 is 0.286 bits per heavy atom. The Kier molecular flexibility index (Phi) is 66.7. The zero-order valence-corrected chi connectivity index (χ0v) is 69.1. The predicted octanol–water partition coefficient (Wildman–Crippen LogP) is 30.1. The summed E-state index contributed by atoms with van der Waals surface area (Å²) < 4.78 is 17.9. The highest BCUT2D eigenvalue weighted by Crippen LogP contribution is 2.30. The molecule has 0 heterocycles. The molecule has 4 nitrogen and oxygen atoms in total. The lowest BCUT2D eigenvalue weighted by atomic mass is 10.0. The summed E-state index contributed by atoms with van der Waals surface area (Å²) in [6.07, 6.45) is 89.1. The van der Waals surface area contributed by atoms with Crippen molar-refractivity contribution in [3.63, 3.8) is 0 Å². The van der Waals surface area contributed by atoms with Crippen LogP contribution in [0.25, 0.3) is 0 Å². The zero-order chi connectivity index (χ0) is 66.8. The minimum absolute atomic E-state index is 1.29. The van der Waals surface area contributed by atoms with E-state index in [2.05, 4.69) is 80.8 Å². The molecule has 0 rings (SSSR count). The number of rotatable bonds is 78. The molecule has 0 fully saturated rings. The summed E-state index contributed by atoms with van der Waals surface area (Å²) in [7, 11) is -6.25. The fraction of sp³-hybridized carbons (Fsp3) is 1.00. The van der Waals surface area contributed by atoms with Crippen LogP contribution in [0.15, 0.2) is 0 Å². The molecule has 0 aromatic rings. The van der Waals surface area contributed by atoms with Crippen LogP contribution < -0.4 is 0 Å². The van der Waals surface area contributed by atoms with Crippen molar-refractivity contribution in [2.45, 2.75) is 491 Å². The van der Waals surface area contributed by atoms with Gasteiger partial charge in [-0.15, -0.1) is 0 Å². The van der Waals surface area contributed by atoms with Gasteiger partial charge in [0.2, 0.25) is 0 Å². The minimum Gasteiger partial charge on any atom is -0.437 e. The van der Waals surface area contributed by atoms with Crippen LogP contribution in [0.2, 0.25) is 51.4 Å². The van der Waals surface area contributed by atoms with Crippen molar-refractivity contribution in [2.75, 3.05) is 52.4 Å². The quantitative estimate of drug-likeness (QED) is 0.0343. The van der Waals surface area contributed by atoms with Crippen molar-refractivity contribution in [3.8, 4) is 0 Å². The third-order valence-electron chi connectivity index (χ3n) is 21.8. The molecule has 0 N–H and O–H groups in total. The summed E-state index contributed by atoms with van der Waals surface area (Å²) >= 11 is 0. The van der Waals surface area contributed by atoms with Gasteiger partial charge >= 0.3 is 8.56 Å². The van der Waals surface area contributed by atoms with E-state index in [1.165, 1.54) is 472 Å². The van der Waals surface area contributed by atoms with Gasteiger partial charge in [-0.1, -0.05) is 350 Å². The fourth-order valence-electron chi connectivity index (χ4n) is 16.1. The van der Waals surface area contributed by atoms with Crippen LogP contribution >= 0.6 is 0 Å². The number of unbranched alkanes of at least 4 members (excludes halogenated alkanes) is 54. The topological polar surface area (TPSA) is 18.5 Å². The van der Waals surface area contributed by atoms with Crippen LogP contribution in [-0.2, 0) is 8.23 Å². The fourth-order valence-corrected chi connectivity index (χ4v) is 30.1. The second-order valence-electron chi connectivity index (χ2n) is 32.9. The van der Waals surface area contributed by atoms with Crippen LogP contribution in [0.1, 0.15) is 440 Å². The van der Waals surface area contributed by atoms with Gasteiger partial charge in [-0.2, -0.15) is 0 Å². The molecule has 0 aliphatic rings. The molecule has 0 aliphatic carbocycles. The van der Waals surface area contributed by atoms with Gasteiger partial charge in [-0.25, -0.2) is 0 Å². The highest BCUT2D eigenvalue weighted by atomic mass is 28.5. The molecule has 7 heteroatoms. The first kappa shape index (κ1) is 91.5. The normalized spacial score (nSPS) is 12.8. The van der Waals surface area contributed by atoms with E-state index < -0.39 is 25.2 Å².